The molecule has 0 unspecified atom stereocenters. The first-order valence-corrected chi connectivity index (χ1v) is 6.38. The highest BCUT2D eigenvalue weighted by molar-refractivity contribution is 5.36. The molecule has 0 aliphatic heterocycles. The van der Waals surface area contributed by atoms with Gasteiger partial charge in [0.1, 0.15) is 12.4 Å². The average Bonchev–Trinajstić information content (AvgIpc) is 2.45. The van der Waals surface area contributed by atoms with E-state index >= 15 is 0 Å². The molecule has 3 nitrogen and oxygen atoms in total. The van der Waals surface area contributed by atoms with Gasteiger partial charge in [-0.25, -0.2) is 0 Å². The molecule has 0 radical (unpaired) electrons. The molecule has 0 aromatic heterocycles. The molecule has 2 aromatic rings. The van der Waals surface area contributed by atoms with Crippen LogP contribution in [0.1, 0.15) is 24.1 Å². The quantitative estimate of drug-likeness (QED) is 0.865. The third-order valence-electron chi connectivity index (χ3n) is 3.04. The van der Waals surface area contributed by atoms with Crippen molar-refractivity contribution >= 4 is 0 Å². The summed E-state index contributed by atoms with van der Waals surface area (Å²) in [5, 5.41) is 9.60. The molecule has 3 N–H and O–H groups in total. The van der Waals surface area contributed by atoms with Crippen molar-refractivity contribution in [2.24, 2.45) is 5.73 Å². The van der Waals surface area contributed by atoms with Gasteiger partial charge in [-0.05, 0) is 18.6 Å². The maximum atomic E-state index is 9.60. The summed E-state index contributed by atoms with van der Waals surface area (Å²) in [5.74, 6) is 0.722. The fraction of sp³-hybridized carbons (Fsp3) is 0.250. The number of para-hydroxylation sites is 1. The fourth-order valence-electron chi connectivity index (χ4n) is 1.88. The minimum Gasteiger partial charge on any atom is -0.489 e. The van der Waals surface area contributed by atoms with Crippen molar-refractivity contribution < 1.29 is 9.84 Å². The SMILES string of the molecule is C[C@H](O)[C@H](N)c1ccccc1OCc1ccccc1. The molecule has 2 atom stereocenters. The highest BCUT2D eigenvalue weighted by Crippen LogP contribution is 2.26. The van der Waals surface area contributed by atoms with Gasteiger partial charge in [0.2, 0.25) is 0 Å². The first-order valence-electron chi connectivity index (χ1n) is 6.38. The molecule has 0 aliphatic carbocycles. The Labute approximate surface area is 113 Å². The zero-order chi connectivity index (χ0) is 13.7. The van der Waals surface area contributed by atoms with Crippen LogP contribution in [0.5, 0.6) is 5.75 Å². The molecule has 0 amide bonds. The van der Waals surface area contributed by atoms with Gasteiger partial charge in [0.15, 0.2) is 0 Å². The van der Waals surface area contributed by atoms with Crippen LogP contribution in [0.2, 0.25) is 0 Å². The Morgan fingerprint density at radius 1 is 1.05 bits per heavy atom. The van der Waals surface area contributed by atoms with Crippen molar-refractivity contribution in [2.45, 2.75) is 25.7 Å². The summed E-state index contributed by atoms with van der Waals surface area (Å²) in [7, 11) is 0. The number of aliphatic hydroxyl groups excluding tert-OH is 1. The third kappa shape index (κ3) is 3.56. The Morgan fingerprint density at radius 3 is 2.37 bits per heavy atom. The number of hydrogen-bond donors (Lipinski definition) is 2. The Kier molecular flexibility index (Phi) is 4.55. The van der Waals surface area contributed by atoms with E-state index in [1.807, 2.05) is 54.6 Å². The molecule has 2 rings (SSSR count). The lowest BCUT2D eigenvalue weighted by Gasteiger charge is -2.19. The average molecular weight is 257 g/mol. The largest absolute Gasteiger partial charge is 0.489 e. The highest BCUT2D eigenvalue weighted by atomic mass is 16.5. The van der Waals surface area contributed by atoms with Crippen LogP contribution in [-0.4, -0.2) is 11.2 Å². The van der Waals surface area contributed by atoms with Gasteiger partial charge >= 0.3 is 0 Å². The Bertz CT molecular complexity index is 511. The minimum atomic E-state index is -0.610. The molecule has 0 aliphatic rings. The highest BCUT2D eigenvalue weighted by Gasteiger charge is 2.16. The van der Waals surface area contributed by atoms with Crippen LogP contribution >= 0.6 is 0 Å². The number of ether oxygens (including phenoxy) is 1. The van der Waals surface area contributed by atoms with Crippen molar-refractivity contribution in [3.8, 4) is 5.75 Å². The van der Waals surface area contributed by atoms with Crippen molar-refractivity contribution in [2.75, 3.05) is 0 Å². The van der Waals surface area contributed by atoms with E-state index in [4.69, 9.17) is 10.5 Å². The van der Waals surface area contributed by atoms with Gasteiger partial charge in [-0.3, -0.25) is 0 Å². The van der Waals surface area contributed by atoms with Gasteiger partial charge in [-0.1, -0.05) is 48.5 Å². The van der Waals surface area contributed by atoms with Crippen LogP contribution in [0, 0.1) is 0 Å². The summed E-state index contributed by atoms with van der Waals surface area (Å²) >= 11 is 0. The summed E-state index contributed by atoms with van der Waals surface area (Å²) < 4.78 is 5.80. The van der Waals surface area contributed by atoms with Gasteiger partial charge in [0.25, 0.3) is 0 Å². The zero-order valence-corrected chi connectivity index (χ0v) is 11.0. The van der Waals surface area contributed by atoms with E-state index in [-0.39, 0.29) is 0 Å². The lowest BCUT2D eigenvalue weighted by molar-refractivity contribution is 0.161. The van der Waals surface area contributed by atoms with Crippen LogP contribution in [0.3, 0.4) is 0 Å². The van der Waals surface area contributed by atoms with E-state index < -0.39 is 12.1 Å². The van der Waals surface area contributed by atoms with E-state index in [2.05, 4.69) is 0 Å². The molecular formula is C16H19NO2. The van der Waals surface area contributed by atoms with E-state index in [0.29, 0.717) is 6.61 Å². The predicted molar refractivity (Wildman–Crippen MR) is 75.8 cm³/mol. The lowest BCUT2D eigenvalue weighted by atomic mass is 10.0. The van der Waals surface area contributed by atoms with E-state index in [0.717, 1.165) is 16.9 Å². The number of aliphatic hydroxyl groups is 1. The van der Waals surface area contributed by atoms with Crippen LogP contribution in [0.25, 0.3) is 0 Å². The number of hydrogen-bond acceptors (Lipinski definition) is 3. The Hall–Kier alpha value is -1.84. The van der Waals surface area contributed by atoms with Crippen LogP contribution in [-0.2, 0) is 6.61 Å². The van der Waals surface area contributed by atoms with Crippen molar-refractivity contribution in [3.63, 3.8) is 0 Å². The molecule has 0 spiro atoms. The van der Waals surface area contributed by atoms with E-state index in [1.165, 1.54) is 0 Å². The zero-order valence-electron chi connectivity index (χ0n) is 11.0. The van der Waals surface area contributed by atoms with Gasteiger partial charge in [-0.15, -0.1) is 0 Å². The van der Waals surface area contributed by atoms with Crippen LogP contribution < -0.4 is 10.5 Å². The molecule has 100 valence electrons. The summed E-state index contributed by atoms with van der Waals surface area (Å²) in [6, 6.07) is 17.1. The van der Waals surface area contributed by atoms with Gasteiger partial charge in [0.05, 0.1) is 12.1 Å². The summed E-state index contributed by atoms with van der Waals surface area (Å²) in [5.41, 5.74) is 7.90. The first kappa shape index (κ1) is 13.6. The molecule has 3 heteroatoms. The number of rotatable bonds is 5. The molecule has 0 saturated carbocycles. The van der Waals surface area contributed by atoms with Gasteiger partial charge in [-0.2, -0.15) is 0 Å². The van der Waals surface area contributed by atoms with E-state index in [9.17, 15) is 5.11 Å². The minimum absolute atomic E-state index is 0.438. The normalized spacial score (nSPS) is 13.8. The second-order valence-electron chi connectivity index (χ2n) is 4.58. The lowest BCUT2D eigenvalue weighted by Crippen LogP contribution is -2.23. The molecule has 0 heterocycles. The number of nitrogens with two attached hydrogens (primary N) is 1. The topological polar surface area (TPSA) is 55.5 Å². The van der Waals surface area contributed by atoms with E-state index in [1.54, 1.807) is 6.92 Å². The van der Waals surface area contributed by atoms with Gasteiger partial charge < -0.3 is 15.6 Å². The maximum absolute atomic E-state index is 9.60. The first-order chi connectivity index (χ1) is 9.18. The monoisotopic (exact) mass is 257 g/mol. The smallest absolute Gasteiger partial charge is 0.124 e. The Balaban J connectivity index is 2.12. The summed E-state index contributed by atoms with van der Waals surface area (Å²) in [6.07, 6.45) is -0.610. The fourth-order valence-corrected chi connectivity index (χ4v) is 1.88. The van der Waals surface area contributed by atoms with Crippen LogP contribution in [0.4, 0.5) is 0 Å². The second kappa shape index (κ2) is 6.36. The Morgan fingerprint density at radius 2 is 1.68 bits per heavy atom. The predicted octanol–water partition coefficient (Wildman–Crippen LogP) is 2.65. The van der Waals surface area contributed by atoms with Crippen molar-refractivity contribution in [1.82, 2.24) is 0 Å². The molecule has 0 fully saturated rings. The molecule has 0 saturated heterocycles. The summed E-state index contributed by atoms with van der Waals surface area (Å²) in [6.45, 7) is 2.17. The van der Waals surface area contributed by atoms with Crippen molar-refractivity contribution in [1.29, 1.82) is 0 Å². The number of benzene rings is 2. The molecule has 0 bridgehead atoms. The van der Waals surface area contributed by atoms with Gasteiger partial charge in [0, 0.05) is 5.56 Å². The maximum Gasteiger partial charge on any atom is 0.124 e. The molecule has 19 heavy (non-hydrogen) atoms. The third-order valence-corrected chi connectivity index (χ3v) is 3.04. The van der Waals surface area contributed by atoms with Crippen molar-refractivity contribution in [3.05, 3.63) is 65.7 Å². The van der Waals surface area contributed by atoms with Crippen LogP contribution in [0.15, 0.2) is 54.6 Å². The molecular weight excluding hydrogens is 238 g/mol. The summed E-state index contributed by atoms with van der Waals surface area (Å²) in [4.78, 5) is 0. The molecule has 2 aromatic carbocycles. The standard InChI is InChI=1S/C16H19NO2/c1-12(18)16(17)14-9-5-6-10-15(14)19-11-13-7-3-2-4-8-13/h2-10,12,16,18H,11,17H2,1H3/t12-,16-/m0/s1. The second-order valence-corrected chi connectivity index (χ2v) is 4.58.